The zero-order valence-electron chi connectivity index (χ0n) is 27.2. The molecule has 0 bridgehead atoms. The molecule has 5 rings (SSSR count). The van der Waals surface area contributed by atoms with E-state index in [0.29, 0.717) is 38.8 Å². The van der Waals surface area contributed by atoms with E-state index in [0.717, 1.165) is 5.56 Å². The summed E-state index contributed by atoms with van der Waals surface area (Å²) in [5.74, 6) is 0. The van der Waals surface area contributed by atoms with Gasteiger partial charge in [-0.3, -0.25) is 4.98 Å². The van der Waals surface area contributed by atoms with Crippen molar-refractivity contribution in [3.8, 4) is 22.4 Å². The quantitative estimate of drug-likeness (QED) is 0.281. The van der Waals surface area contributed by atoms with Crippen molar-refractivity contribution in [2.45, 2.75) is 46.7 Å². The number of fused-ring (bicyclic) bond motifs is 3. The van der Waals surface area contributed by atoms with Gasteiger partial charge in [0.1, 0.15) is 11.2 Å². The summed E-state index contributed by atoms with van der Waals surface area (Å²) in [6.45, 7) is -1.37. The van der Waals surface area contributed by atoms with E-state index in [4.69, 9.17) is 16.8 Å². The van der Waals surface area contributed by atoms with Gasteiger partial charge < -0.3 is 4.42 Å². The molecule has 3 aromatic carbocycles. The van der Waals surface area contributed by atoms with Gasteiger partial charge in [-0.15, -0.1) is 0 Å². The van der Waals surface area contributed by atoms with Crippen LogP contribution in [0.5, 0.6) is 0 Å². The third kappa shape index (κ3) is 3.40. The first-order valence-electron chi connectivity index (χ1n) is 15.0. The third-order valence-corrected chi connectivity index (χ3v) is 5.85. The maximum absolute atomic E-state index is 8.26. The lowest BCUT2D eigenvalue weighted by Gasteiger charge is -2.21. The van der Waals surface area contributed by atoms with E-state index >= 15 is 0 Å². The molecule has 32 heavy (non-hydrogen) atoms. The smallest absolute Gasteiger partial charge is 0.144 e. The molecule has 2 heteroatoms. The summed E-state index contributed by atoms with van der Waals surface area (Å²) in [5.41, 5.74) is 3.17. The van der Waals surface area contributed by atoms with E-state index in [1.807, 2.05) is 32.9 Å². The Morgan fingerprint density at radius 3 is 2.44 bits per heavy atom. The van der Waals surface area contributed by atoms with Crippen molar-refractivity contribution in [3.05, 3.63) is 89.1 Å². The molecule has 0 N–H and O–H groups in total. The van der Waals surface area contributed by atoms with Crippen molar-refractivity contribution >= 4 is 21.9 Å². The van der Waals surface area contributed by atoms with Crippen LogP contribution in [0.2, 0.25) is 0 Å². The van der Waals surface area contributed by atoms with Crippen LogP contribution in [0.15, 0.2) is 71.3 Å². The van der Waals surface area contributed by atoms with Crippen LogP contribution in [0.1, 0.15) is 55.4 Å². The van der Waals surface area contributed by atoms with E-state index in [9.17, 15) is 0 Å². The minimum Gasteiger partial charge on any atom is -0.455 e. The molecule has 0 aliphatic carbocycles. The molecule has 0 saturated heterocycles. The van der Waals surface area contributed by atoms with E-state index in [1.165, 1.54) is 12.3 Å². The van der Waals surface area contributed by atoms with Gasteiger partial charge in [-0.2, -0.15) is 0 Å². The number of pyridine rings is 1. The summed E-state index contributed by atoms with van der Waals surface area (Å²) in [6, 6.07) is 16.9. The zero-order valence-corrected chi connectivity index (χ0v) is 18.2. The van der Waals surface area contributed by atoms with Gasteiger partial charge in [-0.1, -0.05) is 62.7 Å². The van der Waals surface area contributed by atoms with Crippen LogP contribution in [0.3, 0.4) is 0 Å². The van der Waals surface area contributed by atoms with Gasteiger partial charge in [0.25, 0.3) is 0 Å². The fraction of sp³-hybridized carbons (Fsp3) is 0.233. The molecule has 0 atom stereocenters. The summed E-state index contributed by atoms with van der Waals surface area (Å²) in [5, 5.41) is 1.32. The minimum absolute atomic E-state index is 0.0608. The molecule has 0 fully saturated rings. The van der Waals surface area contributed by atoms with Crippen LogP contribution in [0, 0.1) is 20.6 Å². The van der Waals surface area contributed by atoms with Gasteiger partial charge in [0.15, 0.2) is 0 Å². The summed E-state index contributed by atoms with van der Waals surface area (Å²) in [7, 11) is 0. The first-order chi connectivity index (χ1) is 18.9. The van der Waals surface area contributed by atoms with E-state index in [1.54, 1.807) is 42.5 Å². The lowest BCUT2D eigenvalue weighted by atomic mass is 9.84. The number of para-hydroxylation sites is 1. The van der Waals surface area contributed by atoms with E-state index < -0.39 is 20.6 Å². The second-order valence-electron chi connectivity index (χ2n) is 9.12. The highest BCUT2D eigenvalue weighted by Gasteiger charge is 2.17. The maximum atomic E-state index is 8.26. The number of furan rings is 1. The summed E-state index contributed by atoms with van der Waals surface area (Å²) >= 11 is 0. The molecule has 0 radical (unpaired) electrons. The number of aromatic nitrogens is 1. The molecular formula is C30H29NO. The number of rotatable bonds is 2. The predicted octanol–water partition coefficient (Wildman–Crippen LogP) is 8.54. The van der Waals surface area contributed by atoms with Crippen LogP contribution < -0.4 is 0 Å². The van der Waals surface area contributed by atoms with Crippen molar-refractivity contribution in [1.29, 1.82) is 0 Å². The van der Waals surface area contributed by atoms with Gasteiger partial charge in [0, 0.05) is 34.9 Å². The van der Waals surface area contributed by atoms with Gasteiger partial charge >= 0.3 is 0 Å². The Kier molecular flexibility index (Phi) is 2.89. The fourth-order valence-corrected chi connectivity index (χ4v) is 4.07. The molecule has 2 aromatic heterocycles. The van der Waals surface area contributed by atoms with Crippen molar-refractivity contribution in [1.82, 2.24) is 4.98 Å². The largest absolute Gasteiger partial charge is 0.455 e. The SMILES string of the molecule is [2H]C([2H])([2H])c1ccc2oc3c(-c4cc(-c5ccc(C(C)(C)C)cc5C([2H])([2H])[2H])c(C([2H])([2H])[2H])cn4)cccc3c2c1. The monoisotopic (exact) mass is 428 g/mol. The Hall–Kier alpha value is -3.39. The Morgan fingerprint density at radius 2 is 1.66 bits per heavy atom. The number of hydrogen-bond donors (Lipinski definition) is 0. The number of aryl methyl sites for hydroxylation is 3. The van der Waals surface area contributed by atoms with Crippen molar-refractivity contribution in [3.63, 3.8) is 0 Å². The second-order valence-corrected chi connectivity index (χ2v) is 9.12. The molecule has 0 aliphatic heterocycles. The van der Waals surface area contributed by atoms with Crippen LogP contribution in [0.25, 0.3) is 44.3 Å². The van der Waals surface area contributed by atoms with Crippen LogP contribution in [-0.2, 0) is 5.41 Å². The number of hydrogen-bond acceptors (Lipinski definition) is 2. The van der Waals surface area contributed by atoms with Crippen molar-refractivity contribution in [2.24, 2.45) is 0 Å². The standard InChI is InChI=1S/C30H29NO/c1-18-10-13-28-26(14-18)23-8-7-9-24(29(23)32-28)27-16-25(20(3)17-31-27)22-12-11-21(15-19(22)2)30(4,5)6/h7-17H,1-6H3/i1D3,2D3,3D3. The second kappa shape index (κ2) is 7.34. The lowest BCUT2D eigenvalue weighted by Crippen LogP contribution is -2.11. The Labute approximate surface area is 202 Å². The van der Waals surface area contributed by atoms with Gasteiger partial charge in [0.05, 0.1) is 5.69 Å². The predicted molar refractivity (Wildman–Crippen MR) is 135 cm³/mol. The third-order valence-electron chi connectivity index (χ3n) is 5.85. The van der Waals surface area contributed by atoms with Gasteiger partial charge in [0.2, 0.25) is 0 Å². The molecular weight excluding hydrogens is 390 g/mol. The van der Waals surface area contributed by atoms with Crippen LogP contribution >= 0.6 is 0 Å². The van der Waals surface area contributed by atoms with Crippen molar-refractivity contribution < 1.29 is 16.8 Å². The molecule has 2 nitrogen and oxygen atoms in total. The molecule has 2 heterocycles. The highest BCUT2D eigenvalue weighted by molar-refractivity contribution is 6.09. The Bertz CT molecular complexity index is 1790. The Balaban J connectivity index is 1.78. The van der Waals surface area contributed by atoms with E-state index in [2.05, 4.69) is 4.98 Å². The Morgan fingerprint density at radius 1 is 0.781 bits per heavy atom. The average molecular weight is 429 g/mol. The normalized spacial score (nSPS) is 17.4. The fourth-order valence-electron chi connectivity index (χ4n) is 4.07. The average Bonchev–Trinajstić information content (AvgIpc) is 3.24. The molecule has 160 valence electrons. The minimum atomic E-state index is -2.55. The van der Waals surface area contributed by atoms with Gasteiger partial charge in [-0.25, -0.2) is 0 Å². The maximum Gasteiger partial charge on any atom is 0.144 e. The van der Waals surface area contributed by atoms with Crippen molar-refractivity contribution in [2.75, 3.05) is 0 Å². The molecule has 0 unspecified atom stereocenters. The molecule has 0 saturated carbocycles. The van der Waals surface area contributed by atoms with Gasteiger partial charge in [-0.05, 0) is 78.1 Å². The first-order valence-corrected chi connectivity index (χ1v) is 10.5. The van der Waals surface area contributed by atoms with E-state index in [-0.39, 0.29) is 27.7 Å². The summed E-state index contributed by atoms with van der Waals surface area (Å²) in [4.78, 5) is 4.48. The first kappa shape index (κ1) is 12.6. The number of nitrogens with zero attached hydrogens (tertiary/aromatic N) is 1. The molecule has 0 spiro atoms. The van der Waals surface area contributed by atoms with Crippen LogP contribution in [0.4, 0.5) is 0 Å². The zero-order chi connectivity index (χ0) is 30.1. The topological polar surface area (TPSA) is 26.0 Å². The molecule has 0 amide bonds. The summed E-state index contributed by atoms with van der Waals surface area (Å²) in [6.07, 6.45) is 1.27. The number of benzene rings is 3. The molecule has 5 aromatic rings. The lowest BCUT2D eigenvalue weighted by molar-refractivity contribution is 0.590. The molecule has 0 aliphatic rings. The highest BCUT2D eigenvalue weighted by Crippen LogP contribution is 2.38. The van der Waals surface area contributed by atoms with Crippen LogP contribution in [-0.4, -0.2) is 4.98 Å². The highest BCUT2D eigenvalue weighted by atomic mass is 16.3. The summed E-state index contributed by atoms with van der Waals surface area (Å²) < 4.78 is 78.8.